The lowest BCUT2D eigenvalue weighted by Crippen LogP contribution is -1.98. The molecule has 0 aliphatic rings. The van der Waals surface area contributed by atoms with Gasteiger partial charge in [-0.2, -0.15) is 0 Å². The Labute approximate surface area is 124 Å². The van der Waals surface area contributed by atoms with Crippen LogP contribution in [-0.2, 0) is 6.61 Å². The Morgan fingerprint density at radius 1 is 1.19 bits per heavy atom. The van der Waals surface area contributed by atoms with Crippen LogP contribution in [-0.4, -0.2) is 11.7 Å². The van der Waals surface area contributed by atoms with Gasteiger partial charge in [0.05, 0.1) is 6.61 Å². The highest BCUT2D eigenvalue weighted by Crippen LogP contribution is 2.17. The fourth-order valence-electron chi connectivity index (χ4n) is 1.87. The van der Waals surface area contributed by atoms with E-state index in [9.17, 15) is 4.39 Å². The van der Waals surface area contributed by atoms with Gasteiger partial charge in [0.2, 0.25) is 0 Å². The van der Waals surface area contributed by atoms with E-state index in [1.807, 2.05) is 31.2 Å². The zero-order valence-electron chi connectivity index (χ0n) is 11.9. The number of halogens is 1. The Kier molecular flexibility index (Phi) is 5.36. The van der Waals surface area contributed by atoms with Crippen LogP contribution in [0.2, 0.25) is 0 Å². The molecule has 0 aromatic heterocycles. The zero-order chi connectivity index (χ0) is 15.1. The summed E-state index contributed by atoms with van der Waals surface area (Å²) in [5.41, 5.74) is 2.67. The molecule has 2 nitrogen and oxygen atoms in total. The van der Waals surface area contributed by atoms with Gasteiger partial charge >= 0.3 is 0 Å². The lowest BCUT2D eigenvalue weighted by Gasteiger charge is -2.09. The van der Waals surface area contributed by atoms with E-state index in [4.69, 9.17) is 9.84 Å². The number of rotatable bonds is 4. The molecule has 0 aliphatic heterocycles. The number of aliphatic hydroxyl groups excluding tert-OH is 1. The van der Waals surface area contributed by atoms with Gasteiger partial charge in [0, 0.05) is 12.0 Å². The molecule has 0 heterocycles. The Hall–Kier alpha value is -2.31. The summed E-state index contributed by atoms with van der Waals surface area (Å²) >= 11 is 0. The molecule has 0 saturated heterocycles. The molecule has 0 bridgehead atoms. The third-order valence-corrected chi connectivity index (χ3v) is 3.00. The fourth-order valence-corrected chi connectivity index (χ4v) is 1.87. The largest absolute Gasteiger partial charge is 0.489 e. The van der Waals surface area contributed by atoms with Crippen molar-refractivity contribution in [3.05, 3.63) is 65.0 Å². The molecule has 0 fully saturated rings. The van der Waals surface area contributed by atoms with E-state index < -0.39 is 0 Å². The van der Waals surface area contributed by atoms with Crippen LogP contribution in [0.15, 0.2) is 42.5 Å². The van der Waals surface area contributed by atoms with E-state index in [0.717, 1.165) is 22.4 Å². The van der Waals surface area contributed by atoms with E-state index in [-0.39, 0.29) is 12.4 Å². The molecule has 3 heteroatoms. The van der Waals surface area contributed by atoms with Crippen molar-refractivity contribution in [3.8, 4) is 17.6 Å². The molecule has 0 unspecified atom stereocenters. The molecule has 0 radical (unpaired) electrons. The minimum Gasteiger partial charge on any atom is -0.489 e. The second-order valence-corrected chi connectivity index (χ2v) is 4.66. The first-order valence-corrected chi connectivity index (χ1v) is 6.76. The highest BCUT2D eigenvalue weighted by molar-refractivity contribution is 5.40. The van der Waals surface area contributed by atoms with Gasteiger partial charge in [-0.15, -0.1) is 0 Å². The predicted octanol–water partition coefficient (Wildman–Crippen LogP) is 3.45. The maximum Gasteiger partial charge on any atom is 0.123 e. The molecule has 1 N–H and O–H groups in total. The summed E-state index contributed by atoms with van der Waals surface area (Å²) in [6.07, 6.45) is 0.458. The van der Waals surface area contributed by atoms with Gasteiger partial charge in [-0.3, -0.25) is 0 Å². The van der Waals surface area contributed by atoms with E-state index in [1.54, 1.807) is 6.07 Å². The highest BCUT2D eigenvalue weighted by atomic mass is 19.1. The second-order valence-electron chi connectivity index (χ2n) is 4.66. The summed E-state index contributed by atoms with van der Waals surface area (Å²) < 4.78 is 18.8. The predicted molar refractivity (Wildman–Crippen MR) is 80.5 cm³/mol. The Morgan fingerprint density at radius 3 is 2.81 bits per heavy atom. The fraction of sp³-hybridized carbons (Fsp3) is 0.222. The van der Waals surface area contributed by atoms with Crippen molar-refractivity contribution < 1.29 is 14.2 Å². The van der Waals surface area contributed by atoms with E-state index in [1.165, 1.54) is 12.1 Å². The van der Waals surface area contributed by atoms with Crippen molar-refractivity contribution in [1.29, 1.82) is 0 Å². The van der Waals surface area contributed by atoms with Crippen LogP contribution in [0, 0.1) is 24.6 Å². The van der Waals surface area contributed by atoms with Crippen molar-refractivity contribution in [2.45, 2.75) is 20.0 Å². The van der Waals surface area contributed by atoms with Gasteiger partial charge < -0.3 is 9.84 Å². The molecule has 0 spiro atoms. The lowest BCUT2D eigenvalue weighted by atomic mass is 10.1. The topological polar surface area (TPSA) is 29.5 Å². The number of aryl methyl sites for hydroxylation is 1. The van der Waals surface area contributed by atoms with Crippen LogP contribution in [0.3, 0.4) is 0 Å². The molecular formula is C18H17FO2. The SMILES string of the molecule is Cc1cc(F)ccc1COc1cccc(C#CCCO)c1. The van der Waals surface area contributed by atoms with Crippen molar-refractivity contribution in [3.63, 3.8) is 0 Å². The number of ether oxygens (including phenoxy) is 1. The van der Waals surface area contributed by atoms with E-state index in [2.05, 4.69) is 11.8 Å². The Balaban J connectivity index is 2.03. The zero-order valence-corrected chi connectivity index (χ0v) is 11.9. The monoisotopic (exact) mass is 284 g/mol. The first-order valence-electron chi connectivity index (χ1n) is 6.76. The van der Waals surface area contributed by atoms with Gasteiger partial charge in [-0.05, 0) is 48.4 Å². The molecule has 2 rings (SSSR count). The first-order chi connectivity index (χ1) is 10.2. The van der Waals surface area contributed by atoms with Crippen LogP contribution < -0.4 is 4.74 Å². The average Bonchev–Trinajstić information content (AvgIpc) is 2.47. The van der Waals surface area contributed by atoms with Crippen molar-refractivity contribution in [2.24, 2.45) is 0 Å². The molecule has 108 valence electrons. The second kappa shape index (κ2) is 7.47. The minimum atomic E-state index is -0.239. The Bertz CT molecular complexity index is 668. The van der Waals surface area contributed by atoms with Gasteiger partial charge in [-0.1, -0.05) is 24.0 Å². The lowest BCUT2D eigenvalue weighted by molar-refractivity contribution is 0.305. The number of hydrogen-bond acceptors (Lipinski definition) is 2. The number of aliphatic hydroxyl groups is 1. The van der Waals surface area contributed by atoms with Gasteiger partial charge in [0.15, 0.2) is 0 Å². The molecule has 0 aliphatic carbocycles. The third-order valence-electron chi connectivity index (χ3n) is 3.00. The minimum absolute atomic E-state index is 0.0625. The van der Waals surface area contributed by atoms with E-state index >= 15 is 0 Å². The molecule has 21 heavy (non-hydrogen) atoms. The van der Waals surface area contributed by atoms with Crippen LogP contribution in [0.1, 0.15) is 23.1 Å². The molecule has 0 amide bonds. The van der Waals surface area contributed by atoms with Crippen molar-refractivity contribution in [2.75, 3.05) is 6.61 Å². The highest BCUT2D eigenvalue weighted by Gasteiger charge is 2.02. The first kappa shape index (κ1) is 15.1. The Morgan fingerprint density at radius 2 is 2.05 bits per heavy atom. The smallest absolute Gasteiger partial charge is 0.123 e. The van der Waals surface area contributed by atoms with Gasteiger partial charge in [0.25, 0.3) is 0 Å². The summed E-state index contributed by atoms with van der Waals surface area (Å²) in [6.45, 7) is 2.31. The molecule has 0 atom stereocenters. The van der Waals surface area contributed by atoms with Crippen molar-refractivity contribution in [1.82, 2.24) is 0 Å². The van der Waals surface area contributed by atoms with Crippen LogP contribution in [0.25, 0.3) is 0 Å². The number of benzene rings is 2. The quantitative estimate of drug-likeness (QED) is 0.871. The van der Waals surface area contributed by atoms with E-state index in [0.29, 0.717) is 13.0 Å². The van der Waals surface area contributed by atoms with Crippen LogP contribution in [0.5, 0.6) is 5.75 Å². The van der Waals surface area contributed by atoms with Gasteiger partial charge in [0.1, 0.15) is 18.2 Å². The summed E-state index contributed by atoms with van der Waals surface area (Å²) in [5.74, 6) is 6.31. The maximum absolute atomic E-state index is 13.0. The van der Waals surface area contributed by atoms with Gasteiger partial charge in [-0.25, -0.2) is 4.39 Å². The molecule has 2 aromatic rings. The standard InChI is InChI=1S/C18H17FO2/c1-14-11-17(19)9-8-16(14)13-21-18-7-4-6-15(12-18)5-2-3-10-20/h4,6-9,11-12,20H,3,10,13H2,1H3. The van der Waals surface area contributed by atoms with Crippen LogP contribution >= 0.6 is 0 Å². The number of hydrogen-bond donors (Lipinski definition) is 1. The summed E-state index contributed by atoms with van der Waals surface area (Å²) in [5, 5.41) is 8.70. The third kappa shape index (κ3) is 4.62. The molecule has 0 saturated carbocycles. The summed E-state index contributed by atoms with van der Waals surface area (Å²) in [6, 6.07) is 12.1. The normalized spacial score (nSPS) is 9.86. The molecular weight excluding hydrogens is 267 g/mol. The van der Waals surface area contributed by atoms with Crippen molar-refractivity contribution >= 4 is 0 Å². The maximum atomic E-state index is 13.0. The molecule has 2 aromatic carbocycles. The summed E-state index contributed by atoms with van der Waals surface area (Å²) in [7, 11) is 0. The average molecular weight is 284 g/mol. The van der Waals surface area contributed by atoms with Crippen LogP contribution in [0.4, 0.5) is 4.39 Å². The summed E-state index contributed by atoms with van der Waals surface area (Å²) in [4.78, 5) is 0.